The molecule has 0 saturated carbocycles. The average Bonchev–Trinajstić information content (AvgIpc) is 3.43. The van der Waals surface area contributed by atoms with Gasteiger partial charge in [0.25, 0.3) is 5.91 Å². The number of aromatic nitrogens is 6. The Kier molecular flexibility index (Phi) is 3.75. The Morgan fingerprint density at radius 1 is 1.33 bits per heavy atom. The number of aryl methyl sites for hydroxylation is 1. The van der Waals surface area contributed by atoms with Gasteiger partial charge in [-0.3, -0.25) is 4.79 Å². The van der Waals surface area contributed by atoms with Crippen LogP contribution in [0.2, 0.25) is 0 Å². The van der Waals surface area contributed by atoms with E-state index in [1.54, 1.807) is 16.0 Å². The molecule has 0 fully saturated rings. The fourth-order valence-corrected chi connectivity index (χ4v) is 4.86. The van der Waals surface area contributed by atoms with Crippen LogP contribution in [0.4, 0.5) is 0 Å². The van der Waals surface area contributed by atoms with Crippen molar-refractivity contribution in [2.75, 3.05) is 0 Å². The summed E-state index contributed by atoms with van der Waals surface area (Å²) in [6, 6.07) is 7.58. The molecule has 0 spiro atoms. The summed E-state index contributed by atoms with van der Waals surface area (Å²) in [6.45, 7) is 1.93. The molecule has 0 aliphatic heterocycles. The van der Waals surface area contributed by atoms with Crippen molar-refractivity contribution < 1.29 is 4.79 Å². The first kappa shape index (κ1) is 16.1. The lowest BCUT2D eigenvalue weighted by atomic mass is 10.1. The molecule has 5 rings (SSSR count). The summed E-state index contributed by atoms with van der Waals surface area (Å²) in [7, 11) is 0. The van der Waals surface area contributed by atoms with Crippen LogP contribution >= 0.6 is 11.3 Å². The number of aromatic amines is 1. The van der Waals surface area contributed by atoms with E-state index in [9.17, 15) is 4.79 Å². The molecule has 0 bridgehead atoms. The number of carbonyl (C=O) groups is 1. The van der Waals surface area contributed by atoms with E-state index in [2.05, 4.69) is 30.8 Å². The van der Waals surface area contributed by atoms with Crippen LogP contribution in [0.3, 0.4) is 0 Å². The van der Waals surface area contributed by atoms with Gasteiger partial charge in [0.15, 0.2) is 0 Å². The number of thiophene rings is 1. The van der Waals surface area contributed by atoms with Gasteiger partial charge in [0.1, 0.15) is 17.2 Å². The SMILES string of the molecule is C[C@H](NC(=O)c1c(-n2cnnn2)sc2c1CCC2)c1nc2ccccc2[nH]1. The normalized spacial score (nSPS) is 14.4. The first-order valence-corrected chi connectivity index (χ1v) is 9.66. The molecule has 136 valence electrons. The Morgan fingerprint density at radius 2 is 2.22 bits per heavy atom. The Morgan fingerprint density at radius 3 is 3.04 bits per heavy atom. The van der Waals surface area contributed by atoms with Crippen LogP contribution in [0.25, 0.3) is 16.0 Å². The Labute approximate surface area is 158 Å². The third-order valence-corrected chi connectivity index (χ3v) is 6.13. The highest BCUT2D eigenvalue weighted by Gasteiger charge is 2.29. The van der Waals surface area contributed by atoms with Gasteiger partial charge in [-0.1, -0.05) is 12.1 Å². The lowest BCUT2D eigenvalue weighted by molar-refractivity contribution is 0.0938. The third-order valence-electron chi connectivity index (χ3n) is 4.85. The number of carbonyl (C=O) groups excluding carboxylic acids is 1. The van der Waals surface area contributed by atoms with Crippen LogP contribution in [0.15, 0.2) is 30.6 Å². The fourth-order valence-electron chi connectivity index (χ4n) is 3.55. The quantitative estimate of drug-likeness (QED) is 0.567. The van der Waals surface area contributed by atoms with E-state index in [0.717, 1.165) is 46.7 Å². The number of imidazole rings is 1. The van der Waals surface area contributed by atoms with E-state index in [-0.39, 0.29) is 11.9 Å². The van der Waals surface area contributed by atoms with E-state index in [1.165, 1.54) is 11.2 Å². The molecule has 0 radical (unpaired) electrons. The molecule has 3 heterocycles. The summed E-state index contributed by atoms with van der Waals surface area (Å²) < 4.78 is 1.57. The number of H-pyrrole nitrogens is 1. The minimum absolute atomic E-state index is 0.118. The van der Waals surface area contributed by atoms with Gasteiger partial charge < -0.3 is 10.3 Å². The molecule has 1 aliphatic carbocycles. The Hall–Kier alpha value is -3.07. The standard InChI is InChI=1S/C18H17N7OS/c1-10(16-21-12-6-2-3-7-13(12)22-16)20-17(26)15-11-5-4-8-14(11)27-18(15)25-9-19-23-24-25/h2-3,6-7,9-10H,4-5,8H2,1H3,(H,20,26)(H,21,22)/t10-/m0/s1. The predicted molar refractivity (Wildman–Crippen MR) is 101 cm³/mol. The molecule has 27 heavy (non-hydrogen) atoms. The fraction of sp³-hybridized carbons (Fsp3) is 0.278. The van der Waals surface area contributed by atoms with Crippen molar-refractivity contribution in [2.45, 2.75) is 32.2 Å². The maximum absolute atomic E-state index is 13.2. The number of rotatable bonds is 4. The highest BCUT2D eigenvalue weighted by atomic mass is 32.1. The van der Waals surface area contributed by atoms with Gasteiger partial charge in [0, 0.05) is 4.88 Å². The number of hydrogen-bond donors (Lipinski definition) is 2. The van der Waals surface area contributed by atoms with Crippen LogP contribution in [0.1, 0.15) is 46.0 Å². The number of hydrogen-bond acceptors (Lipinski definition) is 6. The second-order valence-corrected chi connectivity index (χ2v) is 7.71. The number of fused-ring (bicyclic) bond motifs is 2. The molecule has 1 atom stereocenters. The first-order chi connectivity index (χ1) is 13.2. The molecule has 8 nitrogen and oxygen atoms in total. The van der Waals surface area contributed by atoms with Gasteiger partial charge >= 0.3 is 0 Å². The Balaban J connectivity index is 1.47. The highest BCUT2D eigenvalue weighted by molar-refractivity contribution is 7.15. The maximum Gasteiger partial charge on any atom is 0.255 e. The second kappa shape index (κ2) is 6.27. The summed E-state index contributed by atoms with van der Waals surface area (Å²) in [6.07, 6.45) is 4.52. The van der Waals surface area contributed by atoms with Crippen molar-refractivity contribution in [1.82, 2.24) is 35.5 Å². The molecular formula is C18H17N7OS. The number of nitrogens with zero attached hydrogens (tertiary/aromatic N) is 5. The smallest absolute Gasteiger partial charge is 0.255 e. The van der Waals surface area contributed by atoms with Crippen LogP contribution in [-0.2, 0) is 12.8 Å². The Bertz CT molecular complexity index is 1100. The molecule has 1 amide bonds. The molecule has 1 aliphatic rings. The lowest BCUT2D eigenvalue weighted by Gasteiger charge is -2.13. The third kappa shape index (κ3) is 2.71. The van der Waals surface area contributed by atoms with Crippen molar-refractivity contribution in [3.05, 3.63) is 52.4 Å². The zero-order valence-electron chi connectivity index (χ0n) is 14.6. The number of amides is 1. The molecule has 3 aromatic heterocycles. The van der Waals surface area contributed by atoms with Crippen LogP contribution in [0.5, 0.6) is 0 Å². The summed E-state index contributed by atoms with van der Waals surface area (Å²) >= 11 is 1.60. The topological polar surface area (TPSA) is 101 Å². The highest BCUT2D eigenvalue weighted by Crippen LogP contribution is 2.37. The van der Waals surface area contributed by atoms with Crippen molar-refractivity contribution in [1.29, 1.82) is 0 Å². The average molecular weight is 379 g/mol. The van der Waals surface area contributed by atoms with Crippen molar-refractivity contribution in [3.63, 3.8) is 0 Å². The van der Waals surface area contributed by atoms with E-state index in [4.69, 9.17) is 0 Å². The van der Waals surface area contributed by atoms with Gasteiger partial charge in [-0.15, -0.1) is 16.4 Å². The predicted octanol–water partition coefficient (Wildman–Crippen LogP) is 2.58. The summed E-state index contributed by atoms with van der Waals surface area (Å²) in [4.78, 5) is 22.3. The first-order valence-electron chi connectivity index (χ1n) is 8.84. The zero-order chi connectivity index (χ0) is 18.4. The van der Waals surface area contributed by atoms with E-state index in [0.29, 0.717) is 5.56 Å². The van der Waals surface area contributed by atoms with Crippen LogP contribution < -0.4 is 5.32 Å². The second-order valence-electron chi connectivity index (χ2n) is 6.63. The summed E-state index contributed by atoms with van der Waals surface area (Å²) in [5.74, 6) is 0.619. The van der Waals surface area contributed by atoms with Gasteiger partial charge in [0.05, 0.1) is 22.6 Å². The van der Waals surface area contributed by atoms with Gasteiger partial charge in [-0.05, 0) is 54.3 Å². The van der Waals surface area contributed by atoms with E-state index in [1.807, 2.05) is 31.2 Å². The van der Waals surface area contributed by atoms with Gasteiger partial charge in [0.2, 0.25) is 0 Å². The van der Waals surface area contributed by atoms with Crippen molar-refractivity contribution in [3.8, 4) is 5.00 Å². The molecule has 2 N–H and O–H groups in total. The molecule has 4 aromatic rings. The molecular weight excluding hydrogens is 362 g/mol. The molecule has 0 saturated heterocycles. The van der Waals surface area contributed by atoms with Gasteiger partial charge in [-0.25, -0.2) is 4.98 Å². The molecule has 0 unspecified atom stereocenters. The van der Waals surface area contributed by atoms with Crippen molar-refractivity contribution >= 4 is 28.3 Å². The van der Waals surface area contributed by atoms with E-state index < -0.39 is 0 Å². The number of nitrogens with one attached hydrogen (secondary N) is 2. The number of tetrazole rings is 1. The van der Waals surface area contributed by atoms with Crippen molar-refractivity contribution in [2.24, 2.45) is 0 Å². The largest absolute Gasteiger partial charge is 0.342 e. The zero-order valence-corrected chi connectivity index (χ0v) is 15.5. The molecule has 9 heteroatoms. The summed E-state index contributed by atoms with van der Waals surface area (Å²) in [5, 5.41) is 15.3. The van der Waals surface area contributed by atoms with E-state index >= 15 is 0 Å². The van der Waals surface area contributed by atoms with Gasteiger partial charge in [-0.2, -0.15) is 4.68 Å². The monoisotopic (exact) mass is 379 g/mol. The lowest BCUT2D eigenvalue weighted by Crippen LogP contribution is -2.28. The number of para-hydroxylation sites is 2. The molecule has 1 aromatic carbocycles. The maximum atomic E-state index is 13.2. The minimum Gasteiger partial charge on any atom is -0.342 e. The van der Waals surface area contributed by atoms with Crippen LogP contribution in [-0.4, -0.2) is 36.1 Å². The minimum atomic E-state index is -0.247. The summed E-state index contributed by atoms with van der Waals surface area (Å²) in [5.41, 5.74) is 3.65. The number of benzene rings is 1. The van der Waals surface area contributed by atoms with Crippen LogP contribution in [0, 0.1) is 0 Å².